The van der Waals surface area contributed by atoms with Crippen molar-refractivity contribution < 1.29 is 22.6 Å². The van der Waals surface area contributed by atoms with Gasteiger partial charge < -0.3 is 19.3 Å². The minimum Gasteiger partial charge on any atom is -0.457 e. The first-order chi connectivity index (χ1) is 17.6. The van der Waals surface area contributed by atoms with Crippen molar-refractivity contribution in [3.63, 3.8) is 0 Å². The Morgan fingerprint density at radius 3 is 2.51 bits per heavy atom. The summed E-state index contributed by atoms with van der Waals surface area (Å²) >= 11 is 0. The van der Waals surface area contributed by atoms with E-state index in [4.69, 9.17) is 19.9 Å². The average molecular weight is 512 g/mol. The number of rotatable bonds is 7. The second kappa shape index (κ2) is 9.57. The van der Waals surface area contributed by atoms with Gasteiger partial charge in [0.2, 0.25) is 0 Å². The number of nitrogens with zero attached hydrogens (tertiary/aromatic N) is 4. The Hall–Kier alpha value is -3.82. The third-order valence-electron chi connectivity index (χ3n) is 6.64. The standard InChI is InChI=1S/C27H28F3N5O2/c1-18(2)34(17-27(28,29)30)25(31)36-15-23-32-14-22-24(33-23)35(16-26(22)11-12-26)19-7-6-10-21(13-19)37-20-8-4-3-5-9-20/h3-10,13-14,18,31H,11-12,15-17H2,1-2H3. The van der Waals surface area contributed by atoms with Gasteiger partial charge in [0.25, 0.3) is 6.02 Å². The Kier molecular flexibility index (Phi) is 6.43. The molecule has 1 N–H and O–H groups in total. The van der Waals surface area contributed by atoms with E-state index in [1.54, 1.807) is 20.0 Å². The molecule has 1 aliphatic carbocycles. The molecule has 5 rings (SSSR count). The molecule has 0 bridgehead atoms. The number of amidine groups is 1. The number of aromatic nitrogens is 2. The number of benzene rings is 2. The minimum atomic E-state index is -4.44. The third kappa shape index (κ3) is 5.47. The lowest BCUT2D eigenvalue weighted by Gasteiger charge is -2.29. The van der Waals surface area contributed by atoms with Crippen molar-refractivity contribution in [3.05, 3.63) is 72.2 Å². The van der Waals surface area contributed by atoms with Crippen LogP contribution in [0, 0.1) is 5.41 Å². The molecule has 2 aliphatic rings. The van der Waals surface area contributed by atoms with Gasteiger partial charge in [0.1, 0.15) is 23.9 Å². The Morgan fingerprint density at radius 1 is 1.11 bits per heavy atom. The molecule has 1 aliphatic heterocycles. The fourth-order valence-corrected chi connectivity index (χ4v) is 4.55. The molecule has 0 atom stereocenters. The molecule has 1 aromatic heterocycles. The molecule has 0 amide bonds. The van der Waals surface area contributed by atoms with E-state index >= 15 is 0 Å². The zero-order valence-corrected chi connectivity index (χ0v) is 20.6. The fraction of sp³-hybridized carbons (Fsp3) is 0.370. The average Bonchev–Trinajstić information content (AvgIpc) is 3.57. The van der Waals surface area contributed by atoms with Gasteiger partial charge in [0.05, 0.1) is 0 Å². The number of fused-ring (bicyclic) bond motifs is 2. The predicted molar refractivity (Wildman–Crippen MR) is 133 cm³/mol. The highest BCUT2D eigenvalue weighted by Gasteiger charge is 2.53. The smallest absolute Gasteiger partial charge is 0.406 e. The van der Waals surface area contributed by atoms with Gasteiger partial charge in [-0.25, -0.2) is 9.97 Å². The highest BCUT2D eigenvalue weighted by Crippen LogP contribution is 2.57. The van der Waals surface area contributed by atoms with Crippen LogP contribution in [0.15, 0.2) is 60.8 Å². The molecule has 1 saturated carbocycles. The van der Waals surface area contributed by atoms with Gasteiger partial charge in [0.15, 0.2) is 12.4 Å². The summed E-state index contributed by atoms with van der Waals surface area (Å²) in [6, 6.07) is 16.2. The Labute approximate surface area is 213 Å². The first kappa shape index (κ1) is 24.9. The molecular weight excluding hydrogens is 483 g/mol. The molecule has 10 heteroatoms. The summed E-state index contributed by atoms with van der Waals surface area (Å²) in [6.45, 7) is 2.46. The Morgan fingerprint density at radius 2 is 1.84 bits per heavy atom. The van der Waals surface area contributed by atoms with Crippen molar-refractivity contribution in [2.45, 2.75) is 50.9 Å². The fourth-order valence-electron chi connectivity index (χ4n) is 4.55. The van der Waals surface area contributed by atoms with Gasteiger partial charge in [-0.3, -0.25) is 5.41 Å². The van der Waals surface area contributed by atoms with Crippen LogP contribution in [0.4, 0.5) is 24.7 Å². The monoisotopic (exact) mass is 511 g/mol. The molecule has 1 spiro atoms. The lowest BCUT2D eigenvalue weighted by molar-refractivity contribution is -0.142. The van der Waals surface area contributed by atoms with Gasteiger partial charge >= 0.3 is 6.18 Å². The second-order valence-corrected chi connectivity index (χ2v) is 9.73. The molecule has 0 saturated heterocycles. The van der Waals surface area contributed by atoms with Crippen molar-refractivity contribution >= 4 is 17.5 Å². The largest absolute Gasteiger partial charge is 0.457 e. The lowest BCUT2D eigenvalue weighted by Crippen LogP contribution is -2.43. The third-order valence-corrected chi connectivity index (χ3v) is 6.64. The van der Waals surface area contributed by atoms with Crippen molar-refractivity contribution in [1.82, 2.24) is 14.9 Å². The van der Waals surface area contributed by atoms with Crippen molar-refractivity contribution in [3.8, 4) is 11.5 Å². The summed E-state index contributed by atoms with van der Waals surface area (Å²) < 4.78 is 50.2. The first-order valence-electron chi connectivity index (χ1n) is 12.2. The summed E-state index contributed by atoms with van der Waals surface area (Å²) in [5.41, 5.74) is 1.99. The van der Waals surface area contributed by atoms with Crippen molar-refractivity contribution in [2.75, 3.05) is 18.0 Å². The van der Waals surface area contributed by atoms with Gasteiger partial charge in [-0.2, -0.15) is 13.2 Å². The topological polar surface area (TPSA) is 74.6 Å². The van der Waals surface area contributed by atoms with E-state index < -0.39 is 24.8 Å². The van der Waals surface area contributed by atoms with E-state index in [0.717, 1.165) is 47.1 Å². The number of anilines is 2. The van der Waals surface area contributed by atoms with Gasteiger partial charge in [-0.15, -0.1) is 0 Å². The predicted octanol–water partition coefficient (Wildman–Crippen LogP) is 6.18. The summed E-state index contributed by atoms with van der Waals surface area (Å²) in [7, 11) is 0. The maximum absolute atomic E-state index is 12.9. The van der Waals surface area contributed by atoms with E-state index in [1.165, 1.54) is 0 Å². The normalized spacial score (nSPS) is 15.6. The molecule has 0 radical (unpaired) electrons. The second-order valence-electron chi connectivity index (χ2n) is 9.73. The van der Waals surface area contributed by atoms with Crippen LogP contribution in [-0.4, -0.2) is 46.2 Å². The number of ether oxygens (including phenoxy) is 2. The molecule has 2 heterocycles. The SMILES string of the molecule is CC(C)N(CC(F)(F)F)C(=N)OCc1ncc2c(n1)N(c1cccc(Oc3ccccc3)c1)CC21CC1. The van der Waals surface area contributed by atoms with Crippen molar-refractivity contribution in [1.29, 1.82) is 5.41 Å². The van der Waals surface area contributed by atoms with Crippen LogP contribution in [0.5, 0.6) is 11.5 Å². The highest BCUT2D eigenvalue weighted by molar-refractivity contribution is 5.72. The van der Waals surface area contributed by atoms with Crippen LogP contribution in [0.1, 0.15) is 38.1 Å². The number of hydrogen-bond donors (Lipinski definition) is 1. The first-order valence-corrected chi connectivity index (χ1v) is 12.2. The number of para-hydroxylation sites is 1. The molecule has 1 fully saturated rings. The van der Waals surface area contributed by atoms with E-state index in [0.29, 0.717) is 11.6 Å². The van der Waals surface area contributed by atoms with Crippen molar-refractivity contribution in [2.24, 2.45) is 0 Å². The number of alkyl halides is 3. The quantitative estimate of drug-likeness (QED) is 0.302. The molecule has 0 unspecified atom stereocenters. The van der Waals surface area contributed by atoms with Crippen LogP contribution in [0.3, 0.4) is 0 Å². The minimum absolute atomic E-state index is 0.0128. The van der Waals surface area contributed by atoms with Crippen LogP contribution >= 0.6 is 0 Å². The molecule has 7 nitrogen and oxygen atoms in total. The van der Waals surface area contributed by atoms with Crippen LogP contribution in [-0.2, 0) is 16.8 Å². The zero-order valence-electron chi connectivity index (χ0n) is 20.6. The zero-order chi connectivity index (χ0) is 26.2. The summed E-state index contributed by atoms with van der Waals surface area (Å²) in [6.07, 6.45) is -0.567. The maximum Gasteiger partial charge on any atom is 0.406 e. The summed E-state index contributed by atoms with van der Waals surface area (Å²) in [4.78, 5) is 12.1. The van der Waals surface area contributed by atoms with Crippen LogP contribution < -0.4 is 9.64 Å². The Balaban J connectivity index is 1.35. The Bertz CT molecular complexity index is 1280. The van der Waals surface area contributed by atoms with E-state index in [1.807, 2.05) is 54.6 Å². The van der Waals surface area contributed by atoms with E-state index in [2.05, 4.69) is 9.88 Å². The molecular formula is C27H28F3N5O2. The van der Waals surface area contributed by atoms with Crippen LogP contribution in [0.2, 0.25) is 0 Å². The van der Waals surface area contributed by atoms with Gasteiger partial charge in [-0.1, -0.05) is 24.3 Å². The summed E-state index contributed by atoms with van der Waals surface area (Å²) in [5.74, 6) is 2.50. The molecule has 3 aromatic rings. The van der Waals surface area contributed by atoms with E-state index in [-0.39, 0.29) is 12.0 Å². The summed E-state index contributed by atoms with van der Waals surface area (Å²) in [5, 5.41) is 8.05. The van der Waals surface area contributed by atoms with Crippen LogP contribution in [0.25, 0.3) is 0 Å². The number of halogens is 3. The molecule has 37 heavy (non-hydrogen) atoms. The lowest BCUT2D eigenvalue weighted by atomic mass is 10.0. The molecule has 194 valence electrons. The van der Waals surface area contributed by atoms with Gasteiger partial charge in [0, 0.05) is 41.5 Å². The number of hydrogen-bond acceptors (Lipinski definition) is 6. The van der Waals surface area contributed by atoms with Gasteiger partial charge in [-0.05, 0) is 51.0 Å². The molecule has 2 aromatic carbocycles. The number of nitrogens with one attached hydrogen (secondary N) is 1. The maximum atomic E-state index is 12.9. The van der Waals surface area contributed by atoms with E-state index in [9.17, 15) is 13.2 Å². The highest BCUT2D eigenvalue weighted by atomic mass is 19.4.